The number of nitrogens with two attached hydrogens (primary N) is 1. The maximum Gasteiger partial charge on any atom is 0.0164 e. The number of nitrogens with one attached hydrogen (secondary N) is 1. The third-order valence-corrected chi connectivity index (χ3v) is 3.56. The third-order valence-electron chi connectivity index (χ3n) is 3.56. The van der Waals surface area contributed by atoms with Crippen LogP contribution in [0.3, 0.4) is 0 Å². The summed E-state index contributed by atoms with van der Waals surface area (Å²) in [6.07, 6.45) is 4.10. The van der Waals surface area contributed by atoms with E-state index in [1.807, 2.05) is 0 Å². The van der Waals surface area contributed by atoms with E-state index in [1.165, 1.54) is 19.3 Å². The average molecular weight is 184 g/mol. The van der Waals surface area contributed by atoms with Crippen molar-refractivity contribution < 1.29 is 0 Å². The van der Waals surface area contributed by atoms with Gasteiger partial charge < -0.3 is 11.1 Å². The van der Waals surface area contributed by atoms with Gasteiger partial charge in [0.1, 0.15) is 0 Å². The highest BCUT2D eigenvalue weighted by Gasteiger charge is 2.27. The first-order valence-electron chi connectivity index (χ1n) is 5.61. The predicted molar refractivity (Wildman–Crippen MR) is 57.6 cm³/mol. The zero-order valence-corrected chi connectivity index (χ0v) is 9.22. The maximum atomic E-state index is 5.61. The molecule has 4 unspecified atom stereocenters. The smallest absolute Gasteiger partial charge is 0.0164 e. The van der Waals surface area contributed by atoms with Gasteiger partial charge in [-0.25, -0.2) is 0 Å². The SMILES string of the molecule is CC(CN)NC1CCCC(C)C1C. The van der Waals surface area contributed by atoms with Crippen molar-refractivity contribution in [3.05, 3.63) is 0 Å². The Hall–Kier alpha value is -0.0800. The monoisotopic (exact) mass is 184 g/mol. The minimum absolute atomic E-state index is 0.470. The third kappa shape index (κ3) is 2.96. The van der Waals surface area contributed by atoms with Crippen molar-refractivity contribution >= 4 is 0 Å². The van der Waals surface area contributed by atoms with E-state index < -0.39 is 0 Å². The van der Waals surface area contributed by atoms with Crippen LogP contribution in [0.4, 0.5) is 0 Å². The summed E-state index contributed by atoms with van der Waals surface area (Å²) < 4.78 is 0. The molecule has 1 aliphatic carbocycles. The van der Waals surface area contributed by atoms with Crippen LogP contribution in [-0.4, -0.2) is 18.6 Å². The van der Waals surface area contributed by atoms with Crippen molar-refractivity contribution in [1.82, 2.24) is 5.32 Å². The predicted octanol–water partition coefficient (Wildman–Crippen LogP) is 1.75. The van der Waals surface area contributed by atoms with Crippen molar-refractivity contribution in [2.45, 2.75) is 52.1 Å². The molecule has 0 aliphatic heterocycles. The molecular formula is C11H24N2. The summed E-state index contributed by atoms with van der Waals surface area (Å²) in [5.41, 5.74) is 5.61. The molecule has 78 valence electrons. The lowest BCUT2D eigenvalue weighted by atomic mass is 9.78. The van der Waals surface area contributed by atoms with E-state index in [4.69, 9.17) is 5.73 Å². The highest BCUT2D eigenvalue weighted by atomic mass is 15.0. The molecule has 0 bridgehead atoms. The lowest BCUT2D eigenvalue weighted by Gasteiger charge is -2.36. The number of hydrogen-bond acceptors (Lipinski definition) is 2. The van der Waals surface area contributed by atoms with Gasteiger partial charge in [0.25, 0.3) is 0 Å². The van der Waals surface area contributed by atoms with Crippen LogP contribution in [-0.2, 0) is 0 Å². The van der Waals surface area contributed by atoms with Crippen LogP contribution in [0.1, 0.15) is 40.0 Å². The Balaban J connectivity index is 2.39. The van der Waals surface area contributed by atoms with Gasteiger partial charge in [0.15, 0.2) is 0 Å². The molecule has 0 saturated heterocycles. The summed E-state index contributed by atoms with van der Waals surface area (Å²) in [5.74, 6) is 1.68. The number of hydrogen-bond donors (Lipinski definition) is 2. The fraction of sp³-hybridized carbons (Fsp3) is 1.00. The zero-order chi connectivity index (χ0) is 9.84. The number of rotatable bonds is 3. The van der Waals surface area contributed by atoms with Crippen LogP contribution in [0, 0.1) is 11.8 Å². The standard InChI is InChI=1S/C11H24N2/c1-8-5-4-6-11(10(8)3)13-9(2)7-12/h8-11,13H,4-7,12H2,1-3H3. The molecule has 0 aromatic carbocycles. The van der Waals surface area contributed by atoms with Crippen LogP contribution >= 0.6 is 0 Å². The van der Waals surface area contributed by atoms with E-state index in [0.717, 1.165) is 18.4 Å². The van der Waals surface area contributed by atoms with Gasteiger partial charge in [0.05, 0.1) is 0 Å². The van der Waals surface area contributed by atoms with Gasteiger partial charge in [-0.3, -0.25) is 0 Å². The molecule has 0 spiro atoms. The minimum atomic E-state index is 0.470. The van der Waals surface area contributed by atoms with Crippen molar-refractivity contribution in [3.8, 4) is 0 Å². The Morgan fingerprint density at radius 1 is 1.38 bits per heavy atom. The summed E-state index contributed by atoms with van der Waals surface area (Å²) in [4.78, 5) is 0. The lowest BCUT2D eigenvalue weighted by Crippen LogP contribution is -2.47. The van der Waals surface area contributed by atoms with Gasteiger partial charge in [-0.15, -0.1) is 0 Å². The molecule has 1 rings (SSSR count). The molecule has 0 aromatic rings. The normalized spacial score (nSPS) is 37.4. The van der Waals surface area contributed by atoms with E-state index >= 15 is 0 Å². The van der Waals surface area contributed by atoms with Crippen molar-refractivity contribution in [2.24, 2.45) is 17.6 Å². The van der Waals surface area contributed by atoms with Gasteiger partial charge in [-0.1, -0.05) is 26.7 Å². The summed E-state index contributed by atoms with van der Waals surface area (Å²) in [7, 11) is 0. The molecule has 3 N–H and O–H groups in total. The first kappa shape index (κ1) is 11.0. The Bertz CT molecular complexity index is 147. The molecule has 0 amide bonds. The average Bonchev–Trinajstić information content (AvgIpc) is 2.13. The summed E-state index contributed by atoms with van der Waals surface area (Å²) in [5, 5.41) is 3.62. The molecular weight excluding hydrogens is 160 g/mol. The Labute approximate surface area is 82.3 Å². The van der Waals surface area contributed by atoms with Crippen molar-refractivity contribution in [3.63, 3.8) is 0 Å². The Morgan fingerprint density at radius 2 is 2.08 bits per heavy atom. The molecule has 13 heavy (non-hydrogen) atoms. The minimum Gasteiger partial charge on any atom is -0.329 e. The highest BCUT2D eigenvalue weighted by Crippen LogP contribution is 2.29. The fourth-order valence-corrected chi connectivity index (χ4v) is 2.25. The van der Waals surface area contributed by atoms with Gasteiger partial charge in [-0.2, -0.15) is 0 Å². The van der Waals surface area contributed by atoms with Crippen LogP contribution in [0.2, 0.25) is 0 Å². The van der Waals surface area contributed by atoms with Crippen LogP contribution in [0.15, 0.2) is 0 Å². The molecule has 1 fully saturated rings. The van der Waals surface area contributed by atoms with E-state index in [-0.39, 0.29) is 0 Å². The molecule has 0 heterocycles. The maximum absolute atomic E-state index is 5.61. The quantitative estimate of drug-likeness (QED) is 0.701. The van der Waals surface area contributed by atoms with Gasteiger partial charge in [0, 0.05) is 18.6 Å². The zero-order valence-electron chi connectivity index (χ0n) is 9.22. The second-order valence-corrected chi connectivity index (χ2v) is 4.68. The lowest BCUT2D eigenvalue weighted by molar-refractivity contribution is 0.197. The van der Waals surface area contributed by atoms with E-state index in [0.29, 0.717) is 12.1 Å². The first-order valence-corrected chi connectivity index (χ1v) is 5.61. The Morgan fingerprint density at radius 3 is 2.69 bits per heavy atom. The summed E-state index contributed by atoms with van der Waals surface area (Å²) in [6, 6.07) is 1.17. The van der Waals surface area contributed by atoms with E-state index in [1.54, 1.807) is 0 Å². The molecule has 0 radical (unpaired) electrons. The van der Waals surface area contributed by atoms with Gasteiger partial charge in [-0.05, 0) is 25.2 Å². The van der Waals surface area contributed by atoms with Crippen LogP contribution in [0.25, 0.3) is 0 Å². The van der Waals surface area contributed by atoms with Crippen LogP contribution in [0.5, 0.6) is 0 Å². The van der Waals surface area contributed by atoms with E-state index in [2.05, 4.69) is 26.1 Å². The van der Waals surface area contributed by atoms with Gasteiger partial charge >= 0.3 is 0 Å². The molecule has 1 saturated carbocycles. The van der Waals surface area contributed by atoms with Gasteiger partial charge in [0.2, 0.25) is 0 Å². The summed E-state index contributed by atoms with van der Waals surface area (Å²) in [6.45, 7) is 7.65. The molecule has 2 heteroatoms. The fourth-order valence-electron chi connectivity index (χ4n) is 2.25. The largest absolute Gasteiger partial charge is 0.329 e. The van der Waals surface area contributed by atoms with E-state index in [9.17, 15) is 0 Å². The molecule has 2 nitrogen and oxygen atoms in total. The van der Waals surface area contributed by atoms with Crippen LogP contribution < -0.4 is 11.1 Å². The first-order chi connectivity index (χ1) is 6.15. The second-order valence-electron chi connectivity index (χ2n) is 4.68. The molecule has 0 aromatic heterocycles. The highest BCUT2D eigenvalue weighted by molar-refractivity contribution is 4.83. The topological polar surface area (TPSA) is 38.0 Å². The Kier molecular flexibility index (Phi) is 4.20. The second kappa shape index (κ2) is 4.97. The molecule has 4 atom stereocenters. The van der Waals surface area contributed by atoms with Crippen molar-refractivity contribution in [1.29, 1.82) is 0 Å². The summed E-state index contributed by atoms with van der Waals surface area (Å²) >= 11 is 0. The molecule has 1 aliphatic rings. The van der Waals surface area contributed by atoms with Crippen molar-refractivity contribution in [2.75, 3.05) is 6.54 Å².